The van der Waals surface area contributed by atoms with E-state index in [1.165, 1.54) is 5.56 Å². The SMILES string of the molecule is CCCNC(C)c1ccc(N2CCOC(C)C2)c(Cl)c1. The zero-order valence-corrected chi connectivity index (χ0v) is 13.4. The largest absolute Gasteiger partial charge is 0.375 e. The molecule has 1 saturated heterocycles. The molecule has 1 aliphatic rings. The third kappa shape index (κ3) is 3.87. The van der Waals surface area contributed by atoms with Crippen molar-refractivity contribution in [2.45, 2.75) is 39.3 Å². The van der Waals surface area contributed by atoms with Crippen molar-refractivity contribution < 1.29 is 4.74 Å². The summed E-state index contributed by atoms with van der Waals surface area (Å²) >= 11 is 6.48. The van der Waals surface area contributed by atoms with Crippen LogP contribution < -0.4 is 10.2 Å². The summed E-state index contributed by atoms with van der Waals surface area (Å²) < 4.78 is 5.58. The van der Waals surface area contributed by atoms with Crippen molar-refractivity contribution in [2.75, 3.05) is 31.1 Å². The number of hydrogen-bond acceptors (Lipinski definition) is 3. The Kier molecular flexibility index (Phi) is 5.70. The fraction of sp³-hybridized carbons (Fsp3) is 0.625. The van der Waals surface area contributed by atoms with Crippen molar-refractivity contribution >= 4 is 17.3 Å². The van der Waals surface area contributed by atoms with Crippen LogP contribution in [0.3, 0.4) is 0 Å². The van der Waals surface area contributed by atoms with Gasteiger partial charge in [0, 0.05) is 19.1 Å². The molecule has 1 aromatic carbocycles. The van der Waals surface area contributed by atoms with Gasteiger partial charge in [-0.15, -0.1) is 0 Å². The van der Waals surface area contributed by atoms with Crippen LogP contribution in [0.2, 0.25) is 5.02 Å². The maximum atomic E-state index is 6.48. The monoisotopic (exact) mass is 296 g/mol. The second kappa shape index (κ2) is 7.30. The minimum Gasteiger partial charge on any atom is -0.375 e. The minimum absolute atomic E-state index is 0.268. The van der Waals surface area contributed by atoms with Gasteiger partial charge in [-0.1, -0.05) is 24.6 Å². The Morgan fingerprint density at radius 2 is 2.30 bits per heavy atom. The summed E-state index contributed by atoms with van der Waals surface area (Å²) in [4.78, 5) is 2.31. The first-order chi connectivity index (χ1) is 9.61. The quantitative estimate of drug-likeness (QED) is 0.898. The predicted molar refractivity (Wildman–Crippen MR) is 85.8 cm³/mol. The van der Waals surface area contributed by atoms with E-state index in [2.05, 4.69) is 49.2 Å². The lowest BCUT2D eigenvalue weighted by molar-refractivity contribution is 0.0532. The number of rotatable bonds is 5. The van der Waals surface area contributed by atoms with Gasteiger partial charge in [0.1, 0.15) is 0 Å². The molecule has 0 aromatic heterocycles. The fourth-order valence-corrected chi connectivity index (χ4v) is 2.87. The third-order valence-electron chi connectivity index (χ3n) is 3.75. The lowest BCUT2D eigenvalue weighted by Gasteiger charge is -2.33. The molecule has 1 aromatic rings. The second-order valence-corrected chi connectivity index (χ2v) is 5.92. The summed E-state index contributed by atoms with van der Waals surface area (Å²) in [6, 6.07) is 6.74. The van der Waals surface area contributed by atoms with Crippen LogP contribution in [0, 0.1) is 0 Å². The summed E-state index contributed by atoms with van der Waals surface area (Å²) in [5.74, 6) is 0. The average molecular weight is 297 g/mol. The first-order valence-corrected chi connectivity index (χ1v) is 7.89. The maximum Gasteiger partial charge on any atom is 0.0722 e. The Balaban J connectivity index is 2.09. The van der Waals surface area contributed by atoms with E-state index in [4.69, 9.17) is 16.3 Å². The van der Waals surface area contributed by atoms with Gasteiger partial charge in [0.2, 0.25) is 0 Å². The highest BCUT2D eigenvalue weighted by molar-refractivity contribution is 6.33. The highest BCUT2D eigenvalue weighted by Gasteiger charge is 2.19. The molecule has 2 unspecified atom stereocenters. The van der Waals surface area contributed by atoms with Gasteiger partial charge in [-0.25, -0.2) is 0 Å². The van der Waals surface area contributed by atoms with Crippen LogP contribution in [-0.2, 0) is 4.74 Å². The van der Waals surface area contributed by atoms with Crippen LogP contribution in [-0.4, -0.2) is 32.3 Å². The van der Waals surface area contributed by atoms with Crippen LogP contribution in [0.5, 0.6) is 0 Å². The molecular formula is C16H25ClN2O. The first kappa shape index (κ1) is 15.6. The molecule has 0 amide bonds. The van der Waals surface area contributed by atoms with Gasteiger partial charge < -0.3 is 15.0 Å². The summed E-state index contributed by atoms with van der Waals surface area (Å²) in [7, 11) is 0. The summed E-state index contributed by atoms with van der Waals surface area (Å²) in [6.45, 7) is 10.1. The molecular weight excluding hydrogens is 272 g/mol. The molecule has 112 valence electrons. The van der Waals surface area contributed by atoms with Gasteiger partial charge in [-0.05, 0) is 44.5 Å². The van der Waals surface area contributed by atoms with Crippen molar-refractivity contribution in [3.63, 3.8) is 0 Å². The summed E-state index contributed by atoms with van der Waals surface area (Å²) in [6.07, 6.45) is 1.41. The zero-order chi connectivity index (χ0) is 14.5. The number of hydrogen-bond donors (Lipinski definition) is 1. The van der Waals surface area contributed by atoms with Crippen molar-refractivity contribution in [3.05, 3.63) is 28.8 Å². The Morgan fingerprint density at radius 3 is 2.95 bits per heavy atom. The van der Waals surface area contributed by atoms with Gasteiger partial charge in [0.05, 0.1) is 23.4 Å². The first-order valence-electron chi connectivity index (χ1n) is 7.51. The number of nitrogens with one attached hydrogen (secondary N) is 1. The Bertz CT molecular complexity index is 438. The fourth-order valence-electron chi connectivity index (χ4n) is 2.56. The van der Waals surface area contributed by atoms with Crippen molar-refractivity contribution in [2.24, 2.45) is 0 Å². The summed E-state index contributed by atoms with van der Waals surface area (Å²) in [5, 5.41) is 4.32. The Morgan fingerprint density at radius 1 is 1.50 bits per heavy atom. The van der Waals surface area contributed by atoms with Gasteiger partial charge >= 0.3 is 0 Å². The van der Waals surface area contributed by atoms with Crippen molar-refractivity contribution in [1.29, 1.82) is 0 Å². The lowest BCUT2D eigenvalue weighted by Crippen LogP contribution is -2.41. The Hall–Kier alpha value is -0.770. The van der Waals surface area contributed by atoms with Crippen LogP contribution in [0.4, 0.5) is 5.69 Å². The van der Waals surface area contributed by atoms with E-state index in [1.807, 2.05) is 0 Å². The topological polar surface area (TPSA) is 24.5 Å². The number of anilines is 1. The van der Waals surface area contributed by atoms with Gasteiger partial charge in [-0.2, -0.15) is 0 Å². The molecule has 1 fully saturated rings. The predicted octanol–water partition coefficient (Wildman–Crippen LogP) is 3.63. The van der Waals surface area contributed by atoms with Crippen LogP contribution in [0.25, 0.3) is 0 Å². The third-order valence-corrected chi connectivity index (χ3v) is 4.06. The van der Waals surface area contributed by atoms with Gasteiger partial charge in [-0.3, -0.25) is 0 Å². The molecule has 20 heavy (non-hydrogen) atoms. The molecule has 2 atom stereocenters. The number of ether oxygens (including phenoxy) is 1. The van der Waals surface area contributed by atoms with Gasteiger partial charge in [0.15, 0.2) is 0 Å². The molecule has 4 heteroatoms. The lowest BCUT2D eigenvalue weighted by atomic mass is 10.1. The normalized spacial score (nSPS) is 21.0. The van der Waals surface area contributed by atoms with E-state index in [9.17, 15) is 0 Å². The minimum atomic E-state index is 0.268. The molecule has 0 radical (unpaired) electrons. The van der Waals surface area contributed by atoms with E-state index < -0.39 is 0 Å². The highest BCUT2D eigenvalue weighted by Crippen LogP contribution is 2.30. The molecule has 2 rings (SSSR count). The van der Waals surface area contributed by atoms with Crippen molar-refractivity contribution in [1.82, 2.24) is 5.32 Å². The smallest absolute Gasteiger partial charge is 0.0722 e. The molecule has 0 bridgehead atoms. The summed E-state index contributed by atoms with van der Waals surface area (Å²) in [5.41, 5.74) is 2.36. The standard InChI is InChI=1S/C16H25ClN2O/c1-4-7-18-13(3)14-5-6-16(15(17)10-14)19-8-9-20-12(2)11-19/h5-6,10,12-13,18H,4,7-9,11H2,1-3H3. The molecule has 0 saturated carbocycles. The van der Waals surface area contributed by atoms with E-state index in [0.717, 1.165) is 43.4 Å². The Labute approximate surface area is 127 Å². The molecule has 0 aliphatic carbocycles. The molecule has 1 aliphatic heterocycles. The van der Waals surface area contributed by atoms with Crippen LogP contribution in [0.1, 0.15) is 38.8 Å². The number of benzene rings is 1. The van der Waals surface area contributed by atoms with Crippen molar-refractivity contribution in [3.8, 4) is 0 Å². The number of nitrogens with zero attached hydrogens (tertiary/aromatic N) is 1. The molecule has 3 nitrogen and oxygen atoms in total. The van der Waals surface area contributed by atoms with Crippen LogP contribution >= 0.6 is 11.6 Å². The van der Waals surface area contributed by atoms with E-state index in [0.29, 0.717) is 6.04 Å². The van der Waals surface area contributed by atoms with E-state index in [1.54, 1.807) is 0 Å². The van der Waals surface area contributed by atoms with Gasteiger partial charge in [0.25, 0.3) is 0 Å². The van der Waals surface area contributed by atoms with Crippen LogP contribution in [0.15, 0.2) is 18.2 Å². The molecule has 0 spiro atoms. The molecule has 1 N–H and O–H groups in total. The van der Waals surface area contributed by atoms with E-state index in [-0.39, 0.29) is 6.10 Å². The number of morpholine rings is 1. The maximum absolute atomic E-state index is 6.48. The van der Waals surface area contributed by atoms with E-state index >= 15 is 0 Å². The highest BCUT2D eigenvalue weighted by atomic mass is 35.5. The zero-order valence-electron chi connectivity index (χ0n) is 12.7. The molecule has 1 heterocycles. The number of halogens is 1. The average Bonchev–Trinajstić information content (AvgIpc) is 2.44. The second-order valence-electron chi connectivity index (χ2n) is 5.51.